The van der Waals surface area contributed by atoms with Crippen molar-refractivity contribution in [2.24, 2.45) is 0 Å². The molecule has 0 saturated heterocycles. The minimum absolute atomic E-state index is 0.985. The third-order valence-electron chi connectivity index (χ3n) is 3.68. The fourth-order valence-electron chi connectivity index (χ4n) is 2.29. The first-order valence-corrected chi connectivity index (χ1v) is 8.24. The van der Waals surface area contributed by atoms with Gasteiger partial charge < -0.3 is 0 Å². The molecule has 0 aliphatic carbocycles. The van der Waals surface area contributed by atoms with Gasteiger partial charge in [-0.15, -0.1) is 0 Å². The average Bonchev–Trinajstić information content (AvgIpc) is 2.60. The van der Waals surface area contributed by atoms with Gasteiger partial charge in [-0.2, -0.15) is 0 Å². The van der Waals surface area contributed by atoms with Crippen molar-refractivity contribution in [1.29, 1.82) is 0 Å². The van der Waals surface area contributed by atoms with Gasteiger partial charge in [0.1, 0.15) is 0 Å². The topological polar surface area (TPSA) is 0 Å². The molecule has 0 N–H and O–H groups in total. The average molecular weight is 300 g/mol. The highest BCUT2D eigenvalue weighted by Gasteiger charge is 1.93. The summed E-state index contributed by atoms with van der Waals surface area (Å²) in [5.74, 6) is 6.48. The second-order valence-corrected chi connectivity index (χ2v) is 5.52. The Bertz CT molecular complexity index is 701. The number of rotatable bonds is 5. The maximum Gasteiger partial charge on any atom is 0.0249 e. The van der Waals surface area contributed by atoms with E-state index in [2.05, 4.69) is 91.6 Å². The lowest BCUT2D eigenvalue weighted by molar-refractivity contribution is 0.999. The van der Waals surface area contributed by atoms with Crippen LogP contribution < -0.4 is 0 Å². The standard InChI is InChI=1S/C23H24/c1-3-5-7-9-21-12-16-23(17-13-21)19-18-22-14-10-20(11-15-22)8-6-4-2/h3-6,10-17H,7-9H2,1-2H3. The zero-order valence-electron chi connectivity index (χ0n) is 14.0. The maximum atomic E-state index is 3.24. The Morgan fingerprint density at radius 1 is 0.696 bits per heavy atom. The van der Waals surface area contributed by atoms with Crippen LogP contribution in [-0.4, -0.2) is 0 Å². The molecule has 0 aliphatic rings. The maximum absolute atomic E-state index is 3.24. The quantitative estimate of drug-likeness (QED) is 0.490. The SMILES string of the molecule is CC=CCCc1ccc(C#Cc2ccc(CC=CC)cc2)cc1. The summed E-state index contributed by atoms with van der Waals surface area (Å²) in [6.07, 6.45) is 11.7. The highest BCUT2D eigenvalue weighted by atomic mass is 14.0. The molecule has 0 fully saturated rings. The molecular weight excluding hydrogens is 276 g/mol. The highest BCUT2D eigenvalue weighted by molar-refractivity contribution is 5.44. The number of hydrogen-bond donors (Lipinski definition) is 0. The second-order valence-electron chi connectivity index (χ2n) is 5.52. The molecule has 0 heterocycles. The second kappa shape index (κ2) is 9.49. The Morgan fingerprint density at radius 2 is 1.22 bits per heavy atom. The first kappa shape index (κ1) is 16.8. The van der Waals surface area contributed by atoms with Crippen molar-refractivity contribution in [3.8, 4) is 11.8 Å². The van der Waals surface area contributed by atoms with Crippen molar-refractivity contribution in [2.45, 2.75) is 33.1 Å². The van der Waals surface area contributed by atoms with Crippen molar-refractivity contribution >= 4 is 0 Å². The minimum atomic E-state index is 0.985. The summed E-state index contributed by atoms with van der Waals surface area (Å²) >= 11 is 0. The molecule has 0 bridgehead atoms. The van der Waals surface area contributed by atoms with Crippen molar-refractivity contribution in [1.82, 2.24) is 0 Å². The number of hydrogen-bond acceptors (Lipinski definition) is 0. The molecule has 2 aromatic rings. The predicted octanol–water partition coefficient (Wildman–Crippen LogP) is 5.71. The van der Waals surface area contributed by atoms with Crippen molar-refractivity contribution in [3.05, 3.63) is 95.1 Å². The van der Waals surface area contributed by atoms with Gasteiger partial charge in [0.05, 0.1) is 0 Å². The largest absolute Gasteiger partial charge is 0.0917 e. The van der Waals surface area contributed by atoms with Gasteiger partial charge in [-0.05, 0) is 68.5 Å². The van der Waals surface area contributed by atoms with Crippen molar-refractivity contribution in [3.63, 3.8) is 0 Å². The molecule has 0 aromatic heterocycles. The van der Waals surface area contributed by atoms with Gasteiger partial charge in [-0.25, -0.2) is 0 Å². The molecule has 0 unspecified atom stereocenters. The summed E-state index contributed by atoms with van der Waals surface area (Å²) in [6, 6.07) is 17.1. The number of aryl methyl sites for hydroxylation is 1. The zero-order valence-corrected chi connectivity index (χ0v) is 14.0. The van der Waals surface area contributed by atoms with Crippen LogP contribution in [0.5, 0.6) is 0 Å². The Labute approximate surface area is 140 Å². The van der Waals surface area contributed by atoms with Crippen LogP contribution in [0, 0.1) is 11.8 Å². The van der Waals surface area contributed by atoms with Crippen LogP contribution in [-0.2, 0) is 12.8 Å². The molecule has 0 heteroatoms. The lowest BCUT2D eigenvalue weighted by atomic mass is 10.1. The zero-order chi connectivity index (χ0) is 16.3. The van der Waals surface area contributed by atoms with E-state index in [0.29, 0.717) is 0 Å². The number of allylic oxidation sites excluding steroid dienone is 4. The molecule has 0 radical (unpaired) electrons. The summed E-state index contributed by atoms with van der Waals surface area (Å²) in [6.45, 7) is 4.11. The molecular formula is C23H24. The normalized spacial score (nSPS) is 10.9. The van der Waals surface area contributed by atoms with E-state index in [1.807, 2.05) is 6.92 Å². The van der Waals surface area contributed by atoms with Gasteiger partial charge >= 0.3 is 0 Å². The van der Waals surface area contributed by atoms with Crippen molar-refractivity contribution < 1.29 is 0 Å². The van der Waals surface area contributed by atoms with Crippen LogP contribution in [0.2, 0.25) is 0 Å². The van der Waals surface area contributed by atoms with E-state index in [9.17, 15) is 0 Å². The fraction of sp³-hybridized carbons (Fsp3) is 0.217. The summed E-state index contributed by atoms with van der Waals surface area (Å²) in [7, 11) is 0. The van der Waals surface area contributed by atoms with E-state index in [0.717, 1.165) is 30.4 Å². The lowest BCUT2D eigenvalue weighted by Gasteiger charge is -1.98. The molecule has 2 rings (SSSR count). The van der Waals surface area contributed by atoms with Crippen LogP contribution in [0.3, 0.4) is 0 Å². The third kappa shape index (κ3) is 6.01. The van der Waals surface area contributed by atoms with E-state index in [1.54, 1.807) is 0 Å². The third-order valence-corrected chi connectivity index (χ3v) is 3.68. The smallest absolute Gasteiger partial charge is 0.0249 e. The minimum Gasteiger partial charge on any atom is -0.0917 e. The highest BCUT2D eigenvalue weighted by Crippen LogP contribution is 2.08. The molecule has 0 amide bonds. The molecule has 23 heavy (non-hydrogen) atoms. The molecule has 0 nitrogen and oxygen atoms in total. The summed E-state index contributed by atoms with van der Waals surface area (Å²) in [5.41, 5.74) is 4.81. The van der Waals surface area contributed by atoms with E-state index in [-0.39, 0.29) is 0 Å². The summed E-state index contributed by atoms with van der Waals surface area (Å²) in [4.78, 5) is 0. The Balaban J connectivity index is 1.98. The van der Waals surface area contributed by atoms with Gasteiger partial charge in [-0.3, -0.25) is 0 Å². The number of benzene rings is 2. The van der Waals surface area contributed by atoms with Gasteiger partial charge in [-0.1, -0.05) is 60.4 Å². The molecule has 0 atom stereocenters. The van der Waals surface area contributed by atoms with E-state index in [4.69, 9.17) is 0 Å². The van der Waals surface area contributed by atoms with E-state index < -0.39 is 0 Å². The summed E-state index contributed by atoms with van der Waals surface area (Å²) < 4.78 is 0. The van der Waals surface area contributed by atoms with E-state index >= 15 is 0 Å². The van der Waals surface area contributed by atoms with Crippen LogP contribution >= 0.6 is 0 Å². The Kier molecular flexibility index (Phi) is 6.95. The van der Waals surface area contributed by atoms with Gasteiger partial charge in [0.2, 0.25) is 0 Å². The van der Waals surface area contributed by atoms with Crippen LogP contribution in [0.15, 0.2) is 72.8 Å². The molecule has 2 aromatic carbocycles. The first-order valence-electron chi connectivity index (χ1n) is 8.24. The first-order chi connectivity index (χ1) is 11.3. The van der Waals surface area contributed by atoms with Crippen LogP contribution in [0.4, 0.5) is 0 Å². The predicted molar refractivity (Wildman–Crippen MR) is 101 cm³/mol. The molecule has 0 aliphatic heterocycles. The fourth-order valence-corrected chi connectivity index (χ4v) is 2.29. The van der Waals surface area contributed by atoms with Gasteiger partial charge in [0, 0.05) is 11.1 Å². The van der Waals surface area contributed by atoms with Crippen LogP contribution in [0.25, 0.3) is 0 Å². The Hall–Kier alpha value is -2.52. The van der Waals surface area contributed by atoms with Gasteiger partial charge in [0.25, 0.3) is 0 Å². The monoisotopic (exact) mass is 300 g/mol. The summed E-state index contributed by atoms with van der Waals surface area (Å²) in [5, 5.41) is 0. The molecule has 0 spiro atoms. The molecule has 116 valence electrons. The van der Waals surface area contributed by atoms with Gasteiger partial charge in [0.15, 0.2) is 0 Å². The van der Waals surface area contributed by atoms with E-state index in [1.165, 1.54) is 11.1 Å². The van der Waals surface area contributed by atoms with Crippen LogP contribution in [0.1, 0.15) is 42.5 Å². The Morgan fingerprint density at radius 3 is 1.74 bits per heavy atom. The lowest BCUT2D eigenvalue weighted by Crippen LogP contribution is -1.84. The van der Waals surface area contributed by atoms with Crippen molar-refractivity contribution in [2.75, 3.05) is 0 Å². The molecule has 0 saturated carbocycles.